The van der Waals surface area contributed by atoms with Crippen LogP contribution >= 0.6 is 0 Å². The molecule has 0 unspecified atom stereocenters. The maximum absolute atomic E-state index is 10.9. The summed E-state index contributed by atoms with van der Waals surface area (Å²) in [5.41, 5.74) is 0.426. The van der Waals surface area contributed by atoms with E-state index in [9.17, 15) is 10.1 Å². The molecule has 0 bridgehead atoms. The van der Waals surface area contributed by atoms with E-state index in [1.165, 1.54) is 13.2 Å². The monoisotopic (exact) mass is 226 g/mol. The molecule has 1 N–H and O–H groups in total. The Hall–Kier alpha value is -1.82. The first kappa shape index (κ1) is 12.3. The molecule has 6 heteroatoms. The Morgan fingerprint density at radius 1 is 1.56 bits per heavy atom. The van der Waals surface area contributed by atoms with Crippen molar-refractivity contribution >= 4 is 11.4 Å². The van der Waals surface area contributed by atoms with Crippen LogP contribution in [0.15, 0.2) is 18.2 Å². The number of nitro benzene ring substituents is 1. The molecule has 0 atom stereocenters. The Bertz CT molecular complexity index is 381. The zero-order chi connectivity index (χ0) is 12.1. The predicted molar refractivity (Wildman–Crippen MR) is 60.0 cm³/mol. The number of methoxy groups -OCH3 is 1. The fraction of sp³-hybridized carbons (Fsp3) is 0.400. The molecule has 1 aromatic carbocycles. The van der Waals surface area contributed by atoms with Gasteiger partial charge in [0.25, 0.3) is 5.69 Å². The normalized spacial score (nSPS) is 9.94. The molecular formula is C10H14N2O4. The second-order valence-corrected chi connectivity index (χ2v) is 3.26. The smallest absolute Gasteiger partial charge is 0.296 e. The van der Waals surface area contributed by atoms with E-state index in [0.29, 0.717) is 18.0 Å². The van der Waals surface area contributed by atoms with Crippen LogP contribution in [-0.4, -0.2) is 37.3 Å². The topological polar surface area (TPSA) is 75.8 Å². The van der Waals surface area contributed by atoms with Crippen LogP contribution in [0.1, 0.15) is 0 Å². The minimum absolute atomic E-state index is 0.0321. The summed E-state index contributed by atoms with van der Waals surface area (Å²) in [6.45, 7) is 0.285. The molecule has 0 aliphatic carbocycles. The first-order valence-corrected chi connectivity index (χ1v) is 4.74. The summed E-state index contributed by atoms with van der Waals surface area (Å²) in [5, 5.41) is 19.7. The van der Waals surface area contributed by atoms with Gasteiger partial charge < -0.3 is 14.7 Å². The van der Waals surface area contributed by atoms with E-state index >= 15 is 0 Å². The van der Waals surface area contributed by atoms with E-state index in [1.54, 1.807) is 24.1 Å². The number of rotatable bonds is 5. The largest absolute Gasteiger partial charge is 0.496 e. The number of anilines is 1. The van der Waals surface area contributed by atoms with Gasteiger partial charge in [-0.1, -0.05) is 0 Å². The average Bonchev–Trinajstić information content (AvgIpc) is 2.28. The molecule has 0 radical (unpaired) electrons. The highest BCUT2D eigenvalue weighted by Gasteiger charge is 2.17. The highest BCUT2D eigenvalue weighted by molar-refractivity contribution is 5.65. The Morgan fingerprint density at radius 3 is 2.75 bits per heavy atom. The van der Waals surface area contributed by atoms with Crippen LogP contribution in [-0.2, 0) is 0 Å². The minimum Gasteiger partial charge on any atom is -0.496 e. The number of likely N-dealkylation sites (N-methyl/N-ethyl adjacent to an activating group) is 1. The Labute approximate surface area is 93.2 Å². The molecule has 0 saturated heterocycles. The van der Waals surface area contributed by atoms with Crippen molar-refractivity contribution < 1.29 is 14.8 Å². The SMILES string of the molecule is COc1ccc(N(C)CCO)c([N+](=O)[O-])c1. The molecule has 0 fully saturated rings. The van der Waals surface area contributed by atoms with E-state index in [2.05, 4.69) is 0 Å². The van der Waals surface area contributed by atoms with Crippen LogP contribution in [0.3, 0.4) is 0 Å². The Morgan fingerprint density at radius 2 is 2.25 bits per heavy atom. The molecule has 1 rings (SSSR count). The summed E-state index contributed by atoms with van der Waals surface area (Å²) in [4.78, 5) is 12.0. The van der Waals surface area contributed by atoms with Gasteiger partial charge in [-0.05, 0) is 12.1 Å². The van der Waals surface area contributed by atoms with Gasteiger partial charge in [-0.2, -0.15) is 0 Å². The molecule has 0 aliphatic rings. The fourth-order valence-corrected chi connectivity index (χ4v) is 1.37. The van der Waals surface area contributed by atoms with Crippen molar-refractivity contribution in [3.8, 4) is 5.75 Å². The summed E-state index contributed by atoms with van der Waals surface area (Å²) in [5.74, 6) is 0.438. The van der Waals surface area contributed by atoms with E-state index in [1.807, 2.05) is 0 Å². The van der Waals surface area contributed by atoms with Gasteiger partial charge in [0.2, 0.25) is 0 Å². The predicted octanol–water partition coefficient (Wildman–Crippen LogP) is 1.03. The van der Waals surface area contributed by atoms with Gasteiger partial charge in [-0.15, -0.1) is 0 Å². The first-order valence-electron chi connectivity index (χ1n) is 4.74. The Balaban J connectivity index is 3.12. The highest BCUT2D eigenvalue weighted by atomic mass is 16.6. The quantitative estimate of drug-likeness (QED) is 0.599. The van der Waals surface area contributed by atoms with Crippen molar-refractivity contribution in [2.45, 2.75) is 0 Å². The second kappa shape index (κ2) is 5.32. The molecular weight excluding hydrogens is 212 g/mol. The summed E-state index contributed by atoms with van der Waals surface area (Å²) < 4.78 is 4.93. The third-order valence-electron chi connectivity index (χ3n) is 2.23. The lowest BCUT2D eigenvalue weighted by Crippen LogP contribution is -2.22. The number of ether oxygens (including phenoxy) is 1. The number of nitrogens with zero attached hydrogens (tertiary/aromatic N) is 2. The molecule has 0 amide bonds. The van der Waals surface area contributed by atoms with Crippen LogP contribution in [0.4, 0.5) is 11.4 Å². The van der Waals surface area contributed by atoms with Crippen LogP contribution in [0.2, 0.25) is 0 Å². The van der Waals surface area contributed by atoms with Gasteiger partial charge in [0.15, 0.2) is 0 Å². The van der Waals surface area contributed by atoms with Crippen molar-refractivity contribution in [1.29, 1.82) is 0 Å². The molecule has 0 heterocycles. The molecule has 1 aromatic rings. The third kappa shape index (κ3) is 2.60. The number of aliphatic hydroxyl groups is 1. The molecule has 88 valence electrons. The van der Waals surface area contributed by atoms with Crippen molar-refractivity contribution in [2.24, 2.45) is 0 Å². The number of benzene rings is 1. The summed E-state index contributed by atoms with van der Waals surface area (Å²) in [7, 11) is 3.14. The highest BCUT2D eigenvalue weighted by Crippen LogP contribution is 2.31. The van der Waals surface area contributed by atoms with Gasteiger partial charge in [-0.3, -0.25) is 10.1 Å². The second-order valence-electron chi connectivity index (χ2n) is 3.26. The molecule has 0 spiro atoms. The van der Waals surface area contributed by atoms with Crippen molar-refractivity contribution in [2.75, 3.05) is 32.2 Å². The standard InChI is InChI=1S/C10H14N2O4/c1-11(5-6-13)9-4-3-8(16-2)7-10(9)12(14)15/h3-4,7,13H,5-6H2,1-2H3. The van der Waals surface area contributed by atoms with Gasteiger partial charge in [0, 0.05) is 13.6 Å². The first-order chi connectivity index (χ1) is 7.60. The molecule has 6 nitrogen and oxygen atoms in total. The van der Waals surface area contributed by atoms with Crippen LogP contribution in [0, 0.1) is 10.1 Å². The minimum atomic E-state index is -0.467. The van der Waals surface area contributed by atoms with Crippen molar-refractivity contribution in [1.82, 2.24) is 0 Å². The van der Waals surface area contributed by atoms with E-state index in [0.717, 1.165) is 0 Å². The molecule has 0 saturated carbocycles. The zero-order valence-electron chi connectivity index (χ0n) is 9.21. The van der Waals surface area contributed by atoms with Gasteiger partial charge in [0.05, 0.1) is 24.7 Å². The van der Waals surface area contributed by atoms with Crippen molar-refractivity contribution in [3.05, 3.63) is 28.3 Å². The lowest BCUT2D eigenvalue weighted by atomic mass is 10.2. The lowest BCUT2D eigenvalue weighted by Gasteiger charge is -2.17. The van der Waals surface area contributed by atoms with Gasteiger partial charge >= 0.3 is 0 Å². The summed E-state index contributed by atoms with van der Waals surface area (Å²) in [6.07, 6.45) is 0. The lowest BCUT2D eigenvalue weighted by molar-refractivity contribution is -0.384. The maximum atomic E-state index is 10.9. The molecule has 16 heavy (non-hydrogen) atoms. The maximum Gasteiger partial charge on any atom is 0.296 e. The van der Waals surface area contributed by atoms with E-state index < -0.39 is 4.92 Å². The van der Waals surface area contributed by atoms with Crippen LogP contribution in [0.5, 0.6) is 5.75 Å². The summed E-state index contributed by atoms with van der Waals surface area (Å²) in [6, 6.07) is 4.62. The fourth-order valence-electron chi connectivity index (χ4n) is 1.37. The number of nitro groups is 1. The van der Waals surface area contributed by atoms with Crippen LogP contribution in [0.25, 0.3) is 0 Å². The summed E-state index contributed by atoms with van der Waals surface area (Å²) >= 11 is 0. The van der Waals surface area contributed by atoms with Crippen molar-refractivity contribution in [3.63, 3.8) is 0 Å². The number of aliphatic hydroxyl groups excluding tert-OH is 1. The number of hydrogen-bond acceptors (Lipinski definition) is 5. The Kier molecular flexibility index (Phi) is 4.07. The van der Waals surface area contributed by atoms with Crippen LogP contribution < -0.4 is 9.64 Å². The number of hydrogen-bond donors (Lipinski definition) is 1. The van der Waals surface area contributed by atoms with Gasteiger partial charge in [-0.25, -0.2) is 0 Å². The van der Waals surface area contributed by atoms with E-state index in [4.69, 9.17) is 9.84 Å². The van der Waals surface area contributed by atoms with Gasteiger partial charge in [0.1, 0.15) is 11.4 Å². The average molecular weight is 226 g/mol. The zero-order valence-corrected chi connectivity index (χ0v) is 9.21. The molecule has 0 aliphatic heterocycles. The van der Waals surface area contributed by atoms with E-state index in [-0.39, 0.29) is 12.3 Å². The molecule has 0 aromatic heterocycles. The third-order valence-corrected chi connectivity index (χ3v) is 2.23.